The van der Waals surface area contributed by atoms with E-state index in [0.29, 0.717) is 42.3 Å². The van der Waals surface area contributed by atoms with Gasteiger partial charge in [0.2, 0.25) is 0 Å². The van der Waals surface area contributed by atoms with Gasteiger partial charge in [0, 0.05) is 36.5 Å². The SMILES string of the molecule is Cc1cc(C(=O)N2CCC[C@H](COc3cccc4c3C(N)=NS(=O)(=O)N4)C2)ccn1. The minimum atomic E-state index is -3.84. The van der Waals surface area contributed by atoms with Crippen molar-refractivity contribution in [1.29, 1.82) is 0 Å². The maximum Gasteiger partial charge on any atom is 0.344 e. The number of nitrogens with one attached hydrogen (secondary N) is 1. The minimum absolute atomic E-state index is 0.00641. The number of aryl methyl sites for hydroxylation is 1. The van der Waals surface area contributed by atoms with Crippen molar-refractivity contribution in [2.75, 3.05) is 24.4 Å². The van der Waals surface area contributed by atoms with Crippen molar-refractivity contribution in [2.24, 2.45) is 16.0 Å². The van der Waals surface area contributed by atoms with Crippen molar-refractivity contribution in [2.45, 2.75) is 19.8 Å². The van der Waals surface area contributed by atoms with E-state index in [1.165, 1.54) is 0 Å². The second-order valence-electron chi connectivity index (χ2n) is 7.49. The molecule has 1 amide bonds. The number of pyridine rings is 1. The second kappa shape index (κ2) is 7.94. The van der Waals surface area contributed by atoms with Gasteiger partial charge in [-0.2, -0.15) is 8.42 Å². The smallest absolute Gasteiger partial charge is 0.344 e. The van der Waals surface area contributed by atoms with Crippen LogP contribution >= 0.6 is 0 Å². The zero-order valence-electron chi connectivity index (χ0n) is 16.5. The summed E-state index contributed by atoms with van der Waals surface area (Å²) < 4.78 is 35.3. The van der Waals surface area contributed by atoms with Crippen LogP contribution in [0.1, 0.15) is 34.5 Å². The van der Waals surface area contributed by atoms with Gasteiger partial charge in [0.05, 0.1) is 17.9 Å². The predicted octanol–water partition coefficient (Wildman–Crippen LogP) is 1.70. The molecule has 4 rings (SSSR count). The topological polar surface area (TPSA) is 127 Å². The molecule has 0 unspecified atom stereocenters. The van der Waals surface area contributed by atoms with E-state index >= 15 is 0 Å². The molecule has 0 aliphatic carbocycles. The molecule has 3 heterocycles. The molecule has 30 heavy (non-hydrogen) atoms. The molecule has 0 radical (unpaired) electrons. The Morgan fingerprint density at radius 2 is 2.20 bits per heavy atom. The van der Waals surface area contributed by atoms with Gasteiger partial charge in [0.1, 0.15) is 5.75 Å². The lowest BCUT2D eigenvalue weighted by Gasteiger charge is -2.33. The maximum atomic E-state index is 12.8. The molecule has 9 nitrogen and oxygen atoms in total. The number of hydrogen-bond donors (Lipinski definition) is 2. The van der Waals surface area contributed by atoms with E-state index in [1.807, 2.05) is 11.8 Å². The van der Waals surface area contributed by atoms with E-state index in [2.05, 4.69) is 14.1 Å². The number of nitrogens with two attached hydrogens (primary N) is 1. The van der Waals surface area contributed by atoms with E-state index in [1.54, 1.807) is 36.5 Å². The fourth-order valence-electron chi connectivity index (χ4n) is 3.79. The van der Waals surface area contributed by atoms with E-state index in [0.717, 1.165) is 18.5 Å². The molecule has 0 spiro atoms. The molecule has 1 fully saturated rings. The van der Waals surface area contributed by atoms with Crippen molar-refractivity contribution in [3.8, 4) is 5.75 Å². The van der Waals surface area contributed by atoms with Crippen molar-refractivity contribution < 1.29 is 17.9 Å². The number of rotatable bonds is 4. The first kappa shape index (κ1) is 20.1. The fourth-order valence-corrected chi connectivity index (χ4v) is 4.64. The summed E-state index contributed by atoms with van der Waals surface area (Å²) in [4.78, 5) is 18.8. The molecule has 158 valence electrons. The third-order valence-electron chi connectivity index (χ3n) is 5.16. The van der Waals surface area contributed by atoms with Gasteiger partial charge in [0.15, 0.2) is 5.84 Å². The van der Waals surface area contributed by atoms with Gasteiger partial charge in [-0.15, -0.1) is 4.40 Å². The van der Waals surface area contributed by atoms with E-state index in [9.17, 15) is 13.2 Å². The Bertz CT molecular complexity index is 1120. The highest BCUT2D eigenvalue weighted by molar-refractivity contribution is 7.91. The number of carbonyl (C=O) groups excluding carboxylic acids is 1. The molecule has 2 aromatic rings. The lowest BCUT2D eigenvalue weighted by molar-refractivity contribution is 0.0633. The summed E-state index contributed by atoms with van der Waals surface area (Å²) in [6, 6.07) is 8.56. The largest absolute Gasteiger partial charge is 0.492 e. The normalized spacial score (nSPS) is 20.0. The van der Waals surface area contributed by atoms with Crippen LogP contribution in [-0.2, 0) is 10.2 Å². The molecule has 1 saturated heterocycles. The minimum Gasteiger partial charge on any atom is -0.492 e. The van der Waals surface area contributed by atoms with Crippen LogP contribution in [0, 0.1) is 12.8 Å². The summed E-state index contributed by atoms with van der Waals surface area (Å²) in [6.07, 6.45) is 3.47. The van der Waals surface area contributed by atoms with Crippen LogP contribution < -0.4 is 15.2 Å². The van der Waals surface area contributed by atoms with E-state index in [-0.39, 0.29) is 17.7 Å². The first-order chi connectivity index (χ1) is 14.3. The number of aromatic nitrogens is 1. The molecule has 2 aliphatic rings. The number of carbonyl (C=O) groups is 1. The van der Waals surface area contributed by atoms with Gasteiger partial charge >= 0.3 is 10.2 Å². The van der Waals surface area contributed by atoms with Crippen LogP contribution in [-0.4, -0.2) is 49.7 Å². The van der Waals surface area contributed by atoms with Gasteiger partial charge in [-0.3, -0.25) is 14.5 Å². The average Bonchev–Trinajstić information content (AvgIpc) is 2.70. The van der Waals surface area contributed by atoms with Gasteiger partial charge in [0.25, 0.3) is 5.91 Å². The Morgan fingerprint density at radius 3 is 3.00 bits per heavy atom. The Hall–Kier alpha value is -3.14. The molecule has 0 saturated carbocycles. The Balaban J connectivity index is 1.45. The first-order valence-electron chi connectivity index (χ1n) is 9.69. The second-order valence-corrected chi connectivity index (χ2v) is 8.83. The maximum absolute atomic E-state index is 12.8. The zero-order chi connectivity index (χ0) is 21.3. The predicted molar refractivity (Wildman–Crippen MR) is 113 cm³/mol. The van der Waals surface area contributed by atoms with Gasteiger partial charge in [-0.1, -0.05) is 6.07 Å². The lowest BCUT2D eigenvalue weighted by Crippen LogP contribution is -2.41. The number of benzene rings is 1. The highest BCUT2D eigenvalue weighted by Crippen LogP contribution is 2.31. The number of nitrogens with zero attached hydrogens (tertiary/aromatic N) is 3. The Kier molecular flexibility index (Phi) is 5.33. The van der Waals surface area contributed by atoms with Crippen LogP contribution in [0.4, 0.5) is 5.69 Å². The first-order valence-corrected chi connectivity index (χ1v) is 11.1. The summed E-state index contributed by atoms with van der Waals surface area (Å²) in [6.45, 7) is 3.54. The van der Waals surface area contributed by atoms with Crippen LogP contribution in [0.5, 0.6) is 5.75 Å². The third kappa shape index (κ3) is 4.23. The van der Waals surface area contributed by atoms with Crippen LogP contribution in [0.25, 0.3) is 0 Å². The zero-order valence-corrected chi connectivity index (χ0v) is 17.4. The molecular formula is C20H23N5O4S. The number of fused-ring (bicyclic) bond motifs is 1. The highest BCUT2D eigenvalue weighted by atomic mass is 32.2. The number of anilines is 1. The van der Waals surface area contributed by atoms with Crippen LogP contribution in [0.2, 0.25) is 0 Å². The molecule has 1 aromatic heterocycles. The molecular weight excluding hydrogens is 406 g/mol. The van der Waals surface area contributed by atoms with Gasteiger partial charge in [-0.05, 0) is 44.0 Å². The number of hydrogen-bond acceptors (Lipinski definition) is 6. The van der Waals surface area contributed by atoms with Crippen molar-refractivity contribution >= 4 is 27.6 Å². The average molecular weight is 430 g/mol. The van der Waals surface area contributed by atoms with Gasteiger partial charge < -0.3 is 15.4 Å². The lowest BCUT2D eigenvalue weighted by atomic mass is 9.98. The molecule has 0 bridgehead atoms. The summed E-state index contributed by atoms with van der Waals surface area (Å²) in [7, 11) is -3.84. The Labute approximate surface area is 175 Å². The quantitative estimate of drug-likeness (QED) is 0.762. The standard InChI is InChI=1S/C20H23N5O4S/c1-13-10-15(7-8-22-13)20(26)25-9-3-4-14(11-25)12-29-17-6-2-5-16-18(17)19(21)24-30(27,28)23-16/h2,5-8,10,14,23H,3-4,9,11-12H2,1H3,(H2,21,24)/t14-/m0/s1. The summed E-state index contributed by atoms with van der Waals surface area (Å²) in [5, 5.41) is 0. The third-order valence-corrected chi connectivity index (χ3v) is 6.08. The molecule has 2 aliphatic heterocycles. The monoisotopic (exact) mass is 429 g/mol. The summed E-state index contributed by atoms with van der Waals surface area (Å²) in [5.74, 6) is 0.505. The summed E-state index contributed by atoms with van der Waals surface area (Å²) >= 11 is 0. The van der Waals surface area contributed by atoms with Crippen molar-refractivity contribution in [3.63, 3.8) is 0 Å². The molecule has 10 heteroatoms. The number of piperidine rings is 1. The van der Waals surface area contributed by atoms with Crippen molar-refractivity contribution in [3.05, 3.63) is 53.3 Å². The summed E-state index contributed by atoms with van der Waals surface area (Å²) in [5.41, 5.74) is 8.08. The Morgan fingerprint density at radius 1 is 1.37 bits per heavy atom. The van der Waals surface area contributed by atoms with Crippen LogP contribution in [0.3, 0.4) is 0 Å². The van der Waals surface area contributed by atoms with Gasteiger partial charge in [-0.25, -0.2) is 0 Å². The number of amidine groups is 1. The highest BCUT2D eigenvalue weighted by Gasteiger charge is 2.27. The molecule has 3 N–H and O–H groups in total. The van der Waals surface area contributed by atoms with E-state index in [4.69, 9.17) is 10.5 Å². The van der Waals surface area contributed by atoms with Crippen molar-refractivity contribution in [1.82, 2.24) is 9.88 Å². The molecule has 1 atom stereocenters. The number of amides is 1. The molecule has 1 aromatic carbocycles. The van der Waals surface area contributed by atoms with Crippen LogP contribution in [0.15, 0.2) is 40.9 Å². The van der Waals surface area contributed by atoms with E-state index < -0.39 is 10.2 Å². The number of ether oxygens (including phenoxy) is 1. The fraction of sp³-hybridized carbons (Fsp3) is 0.350. The number of likely N-dealkylation sites (tertiary alicyclic amines) is 1.